The summed E-state index contributed by atoms with van der Waals surface area (Å²) >= 11 is 0. The first-order valence-electron chi connectivity index (χ1n) is 10.7. The Kier molecular flexibility index (Phi) is 5.15. The molecule has 1 aliphatic rings. The van der Waals surface area contributed by atoms with Gasteiger partial charge < -0.3 is 19.5 Å². The number of aromatic nitrogens is 1. The Hall–Kier alpha value is -3.99. The largest absolute Gasteiger partial charge is 0.497 e. The lowest BCUT2D eigenvalue weighted by Crippen LogP contribution is -2.38. The SMILES string of the molecule is COc1ccc([C@@H]2c3cccn3-c3ccccc3CN2C(=O)Nc2ccccc2C)cc1. The molecule has 2 amide bonds. The number of ether oxygens (including phenoxy) is 1. The monoisotopic (exact) mass is 423 g/mol. The number of benzene rings is 3. The summed E-state index contributed by atoms with van der Waals surface area (Å²) in [5.74, 6) is 0.789. The van der Waals surface area contributed by atoms with Crippen LogP contribution in [0.3, 0.4) is 0 Å². The predicted octanol–water partition coefficient (Wildman–Crippen LogP) is 5.93. The highest BCUT2D eigenvalue weighted by molar-refractivity contribution is 5.91. The van der Waals surface area contributed by atoms with E-state index in [0.29, 0.717) is 6.54 Å². The van der Waals surface area contributed by atoms with Crippen molar-refractivity contribution in [2.24, 2.45) is 0 Å². The van der Waals surface area contributed by atoms with E-state index in [1.54, 1.807) is 7.11 Å². The Labute approximate surface area is 187 Å². The number of urea groups is 1. The second-order valence-corrected chi connectivity index (χ2v) is 7.98. The lowest BCUT2D eigenvalue weighted by molar-refractivity contribution is 0.194. The summed E-state index contributed by atoms with van der Waals surface area (Å²) in [6.45, 7) is 2.49. The molecule has 5 heteroatoms. The molecule has 2 heterocycles. The summed E-state index contributed by atoms with van der Waals surface area (Å²) in [6.07, 6.45) is 2.06. The van der Waals surface area contributed by atoms with Crippen molar-refractivity contribution in [2.75, 3.05) is 12.4 Å². The lowest BCUT2D eigenvalue weighted by Gasteiger charge is -2.31. The van der Waals surface area contributed by atoms with Crippen LogP contribution in [-0.4, -0.2) is 22.6 Å². The molecule has 0 radical (unpaired) electrons. The van der Waals surface area contributed by atoms with Gasteiger partial charge in [0, 0.05) is 17.6 Å². The molecule has 1 aromatic heterocycles. The van der Waals surface area contributed by atoms with Crippen LogP contribution in [0.5, 0.6) is 5.75 Å². The van der Waals surface area contributed by atoms with Crippen LogP contribution in [0.15, 0.2) is 91.1 Å². The molecule has 0 bridgehead atoms. The van der Waals surface area contributed by atoms with Gasteiger partial charge >= 0.3 is 6.03 Å². The highest BCUT2D eigenvalue weighted by atomic mass is 16.5. The highest BCUT2D eigenvalue weighted by Gasteiger charge is 2.33. The molecule has 0 saturated carbocycles. The highest BCUT2D eigenvalue weighted by Crippen LogP contribution is 2.37. The molecule has 3 aromatic carbocycles. The minimum absolute atomic E-state index is 0.135. The number of nitrogens with zero attached hydrogens (tertiary/aromatic N) is 2. The van der Waals surface area contributed by atoms with E-state index in [0.717, 1.165) is 39.5 Å². The van der Waals surface area contributed by atoms with Crippen LogP contribution in [-0.2, 0) is 6.54 Å². The third-order valence-electron chi connectivity index (χ3n) is 6.04. The maximum atomic E-state index is 13.7. The number of para-hydroxylation sites is 2. The minimum atomic E-state index is -0.257. The van der Waals surface area contributed by atoms with E-state index in [-0.39, 0.29) is 12.1 Å². The van der Waals surface area contributed by atoms with Gasteiger partial charge in [-0.1, -0.05) is 48.5 Å². The lowest BCUT2D eigenvalue weighted by atomic mass is 10.0. The van der Waals surface area contributed by atoms with E-state index in [2.05, 4.69) is 34.3 Å². The zero-order chi connectivity index (χ0) is 22.1. The summed E-state index contributed by atoms with van der Waals surface area (Å²) in [7, 11) is 1.66. The fourth-order valence-electron chi connectivity index (χ4n) is 4.38. The van der Waals surface area contributed by atoms with Crippen LogP contribution in [0, 0.1) is 6.92 Å². The number of anilines is 1. The zero-order valence-electron chi connectivity index (χ0n) is 18.2. The Bertz CT molecular complexity index is 1260. The molecule has 160 valence electrons. The Morgan fingerprint density at radius 3 is 2.47 bits per heavy atom. The molecule has 0 unspecified atom stereocenters. The van der Waals surface area contributed by atoms with Crippen molar-refractivity contribution in [3.05, 3.63) is 114 Å². The minimum Gasteiger partial charge on any atom is -0.497 e. The first kappa shape index (κ1) is 19.9. The van der Waals surface area contributed by atoms with Crippen molar-refractivity contribution in [2.45, 2.75) is 19.5 Å². The third kappa shape index (κ3) is 3.52. The predicted molar refractivity (Wildman–Crippen MR) is 126 cm³/mol. The second-order valence-electron chi connectivity index (χ2n) is 7.98. The zero-order valence-corrected chi connectivity index (χ0v) is 18.2. The first-order chi connectivity index (χ1) is 15.7. The second kappa shape index (κ2) is 8.27. The van der Waals surface area contributed by atoms with Gasteiger partial charge in [0.15, 0.2) is 0 Å². The molecular weight excluding hydrogens is 398 g/mol. The molecule has 5 rings (SSSR count). The van der Waals surface area contributed by atoms with Gasteiger partial charge in [0.1, 0.15) is 5.75 Å². The quantitative estimate of drug-likeness (QED) is 0.444. The van der Waals surface area contributed by atoms with Crippen LogP contribution in [0.1, 0.15) is 28.4 Å². The van der Waals surface area contributed by atoms with Crippen molar-refractivity contribution in [3.8, 4) is 11.4 Å². The number of aryl methyl sites for hydroxylation is 1. The summed E-state index contributed by atoms with van der Waals surface area (Å²) in [5, 5.41) is 3.14. The number of hydrogen-bond acceptors (Lipinski definition) is 2. The smallest absolute Gasteiger partial charge is 0.322 e. The Morgan fingerprint density at radius 1 is 0.938 bits per heavy atom. The van der Waals surface area contributed by atoms with E-state index >= 15 is 0 Å². The standard InChI is InChI=1S/C27H25N3O2/c1-19-8-3-5-10-23(19)28-27(31)30-18-21-9-4-6-11-24(21)29-17-7-12-25(29)26(30)20-13-15-22(32-2)16-14-20/h3-17,26H,18H2,1-2H3,(H,28,31)/t26-/m1/s1. The van der Waals surface area contributed by atoms with Gasteiger partial charge in [-0.2, -0.15) is 0 Å². The molecular formula is C27H25N3O2. The van der Waals surface area contributed by atoms with Crippen molar-refractivity contribution in [1.29, 1.82) is 0 Å². The van der Waals surface area contributed by atoms with Crippen molar-refractivity contribution in [1.82, 2.24) is 9.47 Å². The number of carbonyl (C=O) groups excluding carboxylic acids is 1. The number of amides is 2. The number of carbonyl (C=O) groups is 1. The fraction of sp³-hybridized carbons (Fsp3) is 0.148. The van der Waals surface area contributed by atoms with E-state index in [1.807, 2.05) is 78.6 Å². The average molecular weight is 424 g/mol. The van der Waals surface area contributed by atoms with Gasteiger partial charge in [-0.15, -0.1) is 0 Å². The topological polar surface area (TPSA) is 46.5 Å². The number of hydrogen-bond donors (Lipinski definition) is 1. The van der Waals surface area contributed by atoms with Crippen molar-refractivity contribution < 1.29 is 9.53 Å². The molecule has 1 aliphatic heterocycles. The number of rotatable bonds is 3. The number of methoxy groups -OCH3 is 1. The third-order valence-corrected chi connectivity index (χ3v) is 6.04. The van der Waals surface area contributed by atoms with Crippen molar-refractivity contribution in [3.63, 3.8) is 0 Å². The molecule has 32 heavy (non-hydrogen) atoms. The average Bonchev–Trinajstić information content (AvgIpc) is 3.25. The summed E-state index contributed by atoms with van der Waals surface area (Å²) in [6, 6.07) is 27.8. The van der Waals surface area contributed by atoms with Crippen LogP contribution >= 0.6 is 0 Å². The van der Waals surface area contributed by atoms with Crippen LogP contribution in [0.25, 0.3) is 5.69 Å². The summed E-state index contributed by atoms with van der Waals surface area (Å²) < 4.78 is 7.54. The summed E-state index contributed by atoms with van der Waals surface area (Å²) in [5.41, 5.74) is 6.11. The van der Waals surface area contributed by atoms with Crippen LogP contribution < -0.4 is 10.1 Å². The Balaban J connectivity index is 1.63. The van der Waals surface area contributed by atoms with Gasteiger partial charge in [-0.25, -0.2) is 4.79 Å². The fourth-order valence-corrected chi connectivity index (χ4v) is 4.38. The van der Waals surface area contributed by atoms with E-state index in [9.17, 15) is 4.79 Å². The van der Waals surface area contributed by atoms with Crippen molar-refractivity contribution >= 4 is 11.7 Å². The summed E-state index contributed by atoms with van der Waals surface area (Å²) in [4.78, 5) is 15.6. The van der Waals surface area contributed by atoms with Gasteiger partial charge in [0.05, 0.1) is 25.4 Å². The van der Waals surface area contributed by atoms with E-state index in [4.69, 9.17) is 4.74 Å². The maximum absolute atomic E-state index is 13.7. The molecule has 0 spiro atoms. The van der Waals surface area contributed by atoms with Gasteiger partial charge in [-0.3, -0.25) is 0 Å². The molecule has 4 aromatic rings. The molecule has 0 aliphatic carbocycles. The molecule has 0 fully saturated rings. The van der Waals surface area contributed by atoms with E-state index < -0.39 is 0 Å². The van der Waals surface area contributed by atoms with Crippen LogP contribution in [0.4, 0.5) is 10.5 Å². The molecule has 1 atom stereocenters. The van der Waals surface area contributed by atoms with Gasteiger partial charge in [0.25, 0.3) is 0 Å². The number of fused-ring (bicyclic) bond motifs is 3. The van der Waals surface area contributed by atoms with Crippen LogP contribution in [0.2, 0.25) is 0 Å². The van der Waals surface area contributed by atoms with Gasteiger partial charge in [-0.05, 0) is 60.0 Å². The molecule has 5 nitrogen and oxygen atoms in total. The first-order valence-corrected chi connectivity index (χ1v) is 10.7. The molecule has 1 N–H and O–H groups in total. The molecule has 0 saturated heterocycles. The number of nitrogens with one attached hydrogen (secondary N) is 1. The van der Waals surface area contributed by atoms with E-state index in [1.165, 1.54) is 0 Å². The van der Waals surface area contributed by atoms with Gasteiger partial charge in [0.2, 0.25) is 0 Å². The maximum Gasteiger partial charge on any atom is 0.322 e. The normalized spacial score (nSPS) is 14.8. The Morgan fingerprint density at radius 2 is 1.69 bits per heavy atom.